The smallest absolute Gasteiger partial charge is 0.307 e. The van der Waals surface area contributed by atoms with Gasteiger partial charge in [-0.25, -0.2) is 5.43 Å². The van der Waals surface area contributed by atoms with Gasteiger partial charge in [0.05, 0.1) is 23.6 Å². The molecule has 2 aromatic carbocycles. The molecular weight excluding hydrogens is 495 g/mol. The summed E-state index contributed by atoms with van der Waals surface area (Å²) in [5.74, 6) is 0.781. The molecule has 0 radical (unpaired) electrons. The molecule has 1 aromatic heterocycles. The summed E-state index contributed by atoms with van der Waals surface area (Å²) in [5, 5.41) is 5.03. The quantitative estimate of drug-likeness (QED) is 0.293. The predicted octanol–water partition coefficient (Wildman–Crippen LogP) is 6.09. The second-order valence-corrected chi connectivity index (χ2v) is 7.66. The van der Waals surface area contributed by atoms with Crippen LogP contribution in [0.2, 0.25) is 10.0 Å². The summed E-state index contributed by atoms with van der Waals surface area (Å²) in [4.78, 5) is 11.9. The highest BCUT2D eigenvalue weighted by Gasteiger charge is 2.13. The predicted molar refractivity (Wildman–Crippen MR) is 120 cm³/mol. The standard InChI is InChI=1S/C21H17BrCl2N2O4/c1-2-28-19-9-13(11-25-26-21(27)18-4-3-7-29-18)8-16(22)20(19)30-12-14-5-6-15(23)10-17(14)24/h3-11H,2,12H2,1H3,(H,26,27). The van der Waals surface area contributed by atoms with Crippen LogP contribution in [0.25, 0.3) is 0 Å². The fraction of sp³-hybridized carbons (Fsp3) is 0.143. The Morgan fingerprint density at radius 2 is 2.07 bits per heavy atom. The maximum atomic E-state index is 11.9. The van der Waals surface area contributed by atoms with Gasteiger partial charge < -0.3 is 13.9 Å². The lowest BCUT2D eigenvalue weighted by Crippen LogP contribution is -2.16. The Bertz CT molecular complexity index is 1060. The summed E-state index contributed by atoms with van der Waals surface area (Å²) in [5.41, 5.74) is 3.89. The van der Waals surface area contributed by atoms with Gasteiger partial charge in [0.2, 0.25) is 0 Å². The van der Waals surface area contributed by atoms with Crippen LogP contribution in [0.5, 0.6) is 11.5 Å². The largest absolute Gasteiger partial charge is 0.490 e. The number of carbonyl (C=O) groups excluding carboxylic acids is 1. The van der Waals surface area contributed by atoms with E-state index in [0.29, 0.717) is 38.2 Å². The molecule has 0 fully saturated rings. The molecular formula is C21H17BrCl2N2O4. The third-order valence-electron chi connectivity index (χ3n) is 3.84. The van der Waals surface area contributed by atoms with Crippen molar-refractivity contribution < 1.29 is 18.7 Å². The summed E-state index contributed by atoms with van der Waals surface area (Å²) in [7, 11) is 0. The van der Waals surface area contributed by atoms with E-state index in [1.165, 1.54) is 12.5 Å². The number of amides is 1. The van der Waals surface area contributed by atoms with Crippen LogP contribution in [-0.4, -0.2) is 18.7 Å². The van der Waals surface area contributed by atoms with Crippen molar-refractivity contribution in [1.82, 2.24) is 5.43 Å². The van der Waals surface area contributed by atoms with Gasteiger partial charge >= 0.3 is 5.91 Å². The highest BCUT2D eigenvalue weighted by Crippen LogP contribution is 2.37. The molecule has 0 aliphatic carbocycles. The van der Waals surface area contributed by atoms with Gasteiger partial charge in [-0.2, -0.15) is 5.10 Å². The SMILES string of the molecule is CCOc1cc(C=NNC(=O)c2ccco2)cc(Br)c1OCc1ccc(Cl)cc1Cl. The van der Waals surface area contributed by atoms with Gasteiger partial charge in [-0.1, -0.05) is 29.3 Å². The summed E-state index contributed by atoms with van der Waals surface area (Å²) in [6.07, 6.45) is 2.91. The van der Waals surface area contributed by atoms with Crippen molar-refractivity contribution in [2.75, 3.05) is 6.61 Å². The van der Waals surface area contributed by atoms with Crippen molar-refractivity contribution >= 4 is 51.3 Å². The molecule has 1 N–H and O–H groups in total. The van der Waals surface area contributed by atoms with Crippen LogP contribution in [0, 0.1) is 0 Å². The minimum atomic E-state index is -0.444. The van der Waals surface area contributed by atoms with Gasteiger partial charge in [-0.05, 0) is 64.8 Å². The second-order valence-electron chi connectivity index (χ2n) is 5.96. The molecule has 3 rings (SSSR count). The van der Waals surface area contributed by atoms with Crippen LogP contribution in [-0.2, 0) is 6.61 Å². The van der Waals surface area contributed by atoms with Crippen molar-refractivity contribution in [2.24, 2.45) is 5.10 Å². The lowest BCUT2D eigenvalue weighted by molar-refractivity contribution is 0.0927. The van der Waals surface area contributed by atoms with E-state index in [9.17, 15) is 4.79 Å². The van der Waals surface area contributed by atoms with E-state index < -0.39 is 5.91 Å². The van der Waals surface area contributed by atoms with Gasteiger partial charge in [-0.15, -0.1) is 0 Å². The molecule has 6 nitrogen and oxygen atoms in total. The fourth-order valence-corrected chi connectivity index (χ4v) is 3.52. The van der Waals surface area contributed by atoms with Crippen LogP contribution in [0.15, 0.2) is 62.7 Å². The monoisotopic (exact) mass is 510 g/mol. The number of furan rings is 1. The third-order valence-corrected chi connectivity index (χ3v) is 5.02. The topological polar surface area (TPSA) is 73.1 Å². The number of rotatable bonds is 8. The van der Waals surface area contributed by atoms with E-state index in [-0.39, 0.29) is 12.4 Å². The Labute approximate surface area is 191 Å². The first-order valence-electron chi connectivity index (χ1n) is 8.88. The number of carbonyl (C=O) groups is 1. The molecule has 0 spiro atoms. The number of hydrogen-bond acceptors (Lipinski definition) is 5. The number of nitrogens with one attached hydrogen (secondary N) is 1. The molecule has 30 heavy (non-hydrogen) atoms. The molecule has 1 heterocycles. The summed E-state index contributed by atoms with van der Waals surface area (Å²) < 4.78 is 17.3. The van der Waals surface area contributed by atoms with Crippen LogP contribution in [0.4, 0.5) is 0 Å². The minimum Gasteiger partial charge on any atom is -0.490 e. The summed E-state index contributed by atoms with van der Waals surface area (Å²) in [6, 6.07) is 12.0. The molecule has 0 unspecified atom stereocenters. The molecule has 0 aliphatic rings. The number of nitrogens with zero attached hydrogens (tertiary/aromatic N) is 1. The third kappa shape index (κ3) is 5.78. The van der Waals surface area contributed by atoms with E-state index >= 15 is 0 Å². The van der Waals surface area contributed by atoms with Gasteiger partial charge in [0.15, 0.2) is 17.3 Å². The summed E-state index contributed by atoms with van der Waals surface area (Å²) in [6.45, 7) is 2.56. The molecule has 0 saturated carbocycles. The van der Waals surface area contributed by atoms with Crippen molar-refractivity contribution in [1.29, 1.82) is 0 Å². The molecule has 0 bridgehead atoms. The first-order valence-corrected chi connectivity index (χ1v) is 10.4. The molecule has 3 aromatic rings. The zero-order valence-corrected chi connectivity index (χ0v) is 18.9. The second kappa shape index (κ2) is 10.5. The first kappa shape index (κ1) is 22.2. The van der Waals surface area contributed by atoms with Crippen LogP contribution in [0.1, 0.15) is 28.6 Å². The zero-order valence-electron chi connectivity index (χ0n) is 15.8. The fourth-order valence-electron chi connectivity index (χ4n) is 2.48. The van der Waals surface area contributed by atoms with E-state index in [2.05, 4.69) is 26.5 Å². The number of ether oxygens (including phenoxy) is 2. The average Bonchev–Trinajstić information content (AvgIpc) is 3.24. The van der Waals surface area contributed by atoms with Crippen LogP contribution < -0.4 is 14.9 Å². The Kier molecular flexibility index (Phi) is 7.79. The lowest BCUT2D eigenvalue weighted by Gasteiger charge is -2.15. The molecule has 0 aliphatic heterocycles. The molecule has 9 heteroatoms. The van der Waals surface area contributed by atoms with E-state index in [0.717, 1.165) is 5.56 Å². The van der Waals surface area contributed by atoms with Gasteiger partial charge in [-0.3, -0.25) is 4.79 Å². The average molecular weight is 512 g/mol. The van der Waals surface area contributed by atoms with Gasteiger partial charge in [0.25, 0.3) is 0 Å². The Hall–Kier alpha value is -2.48. The van der Waals surface area contributed by atoms with Crippen molar-refractivity contribution in [2.45, 2.75) is 13.5 Å². The number of halogens is 3. The first-order chi connectivity index (χ1) is 14.5. The molecule has 1 amide bonds. The molecule has 156 valence electrons. The highest BCUT2D eigenvalue weighted by molar-refractivity contribution is 9.10. The van der Waals surface area contributed by atoms with Gasteiger partial charge in [0, 0.05) is 15.6 Å². The van der Waals surface area contributed by atoms with Gasteiger partial charge in [0.1, 0.15) is 6.61 Å². The van der Waals surface area contributed by atoms with Crippen molar-refractivity contribution in [3.8, 4) is 11.5 Å². The number of benzene rings is 2. The Morgan fingerprint density at radius 3 is 2.77 bits per heavy atom. The maximum absolute atomic E-state index is 11.9. The molecule has 0 saturated heterocycles. The van der Waals surface area contributed by atoms with E-state index in [4.69, 9.17) is 37.1 Å². The van der Waals surface area contributed by atoms with E-state index in [1.807, 2.05) is 13.0 Å². The van der Waals surface area contributed by atoms with E-state index in [1.54, 1.807) is 36.4 Å². The molecule has 0 atom stereocenters. The lowest BCUT2D eigenvalue weighted by atomic mass is 10.2. The van der Waals surface area contributed by atoms with Crippen LogP contribution in [0.3, 0.4) is 0 Å². The summed E-state index contributed by atoms with van der Waals surface area (Å²) >= 11 is 15.7. The Balaban J connectivity index is 1.74. The normalized spacial score (nSPS) is 10.9. The number of hydrogen-bond donors (Lipinski definition) is 1. The number of hydrazone groups is 1. The minimum absolute atomic E-state index is 0.174. The van der Waals surface area contributed by atoms with Crippen LogP contribution >= 0.6 is 39.1 Å². The van der Waals surface area contributed by atoms with Crippen molar-refractivity contribution in [3.63, 3.8) is 0 Å². The zero-order chi connectivity index (χ0) is 21.5. The highest BCUT2D eigenvalue weighted by atomic mass is 79.9. The van der Waals surface area contributed by atoms with Crippen molar-refractivity contribution in [3.05, 3.63) is 80.1 Å². The Morgan fingerprint density at radius 1 is 1.23 bits per heavy atom. The maximum Gasteiger partial charge on any atom is 0.307 e.